The van der Waals surface area contributed by atoms with Crippen LogP contribution in [0.2, 0.25) is 0 Å². The van der Waals surface area contributed by atoms with Gasteiger partial charge in [-0.25, -0.2) is 14.4 Å². The first-order chi connectivity index (χ1) is 13.7. The maximum Gasteiger partial charge on any atom is 0.147 e. The predicted octanol–water partition coefficient (Wildman–Crippen LogP) is 5.82. The summed E-state index contributed by atoms with van der Waals surface area (Å²) in [6.45, 7) is 9.29. The number of rotatable bonds is 3. The molecule has 0 atom stereocenters. The molecule has 0 saturated carbocycles. The molecule has 3 aromatic rings. The normalized spacial score (nSPS) is 13.2. The van der Waals surface area contributed by atoms with Crippen LogP contribution in [0.5, 0.6) is 0 Å². The van der Waals surface area contributed by atoms with Crippen LogP contribution in [0.1, 0.15) is 41.7 Å². The highest BCUT2D eigenvalue weighted by molar-refractivity contribution is 6.07. The number of aryl methyl sites for hydroxylation is 3. The molecular formula is C24H23FN4. The zero-order valence-electron chi connectivity index (χ0n) is 17.3. The maximum atomic E-state index is 15.2. The summed E-state index contributed by atoms with van der Waals surface area (Å²) in [5.74, 6) is 0.639. The number of aliphatic imine (C=N–C) groups is 1. The minimum Gasteiger partial charge on any atom is -0.299 e. The van der Waals surface area contributed by atoms with E-state index in [9.17, 15) is 5.26 Å². The summed E-state index contributed by atoms with van der Waals surface area (Å²) >= 11 is 0. The number of aromatic nitrogens is 2. The summed E-state index contributed by atoms with van der Waals surface area (Å²) in [5.41, 5.74) is 6.09. The van der Waals surface area contributed by atoms with E-state index in [1.165, 1.54) is 19.4 Å². The average molecular weight is 386 g/mol. The second-order valence-electron chi connectivity index (χ2n) is 8.18. The summed E-state index contributed by atoms with van der Waals surface area (Å²) in [6, 6.07) is 10.1. The molecule has 0 N–H and O–H groups in total. The van der Waals surface area contributed by atoms with Gasteiger partial charge in [0.1, 0.15) is 23.3 Å². The number of fused-ring (bicyclic) bond motifs is 1. The van der Waals surface area contributed by atoms with E-state index in [0.29, 0.717) is 34.8 Å². The Balaban J connectivity index is 2.05. The Kier molecular flexibility index (Phi) is 4.38. The van der Waals surface area contributed by atoms with E-state index in [1.54, 1.807) is 12.3 Å². The number of hydrogen-bond donors (Lipinski definition) is 0. The van der Waals surface area contributed by atoms with Crippen LogP contribution >= 0.6 is 0 Å². The fourth-order valence-corrected chi connectivity index (χ4v) is 4.27. The van der Waals surface area contributed by atoms with Crippen molar-refractivity contribution in [2.24, 2.45) is 4.99 Å². The van der Waals surface area contributed by atoms with E-state index >= 15 is 4.39 Å². The number of imidazole rings is 1. The zero-order chi connectivity index (χ0) is 20.9. The topological polar surface area (TPSA) is 54.0 Å². The number of nitrogens with zero attached hydrogens (tertiary/aromatic N) is 4. The Morgan fingerprint density at radius 2 is 1.83 bits per heavy atom. The SMILES string of the molecule is Cc1cc(C)c(-n2ccnc2-c2c(C(C)(C)F)ccc3c2N=C(C#N)C3)c(C)c1. The fraction of sp³-hybridized carbons (Fsp3) is 0.292. The Hall–Kier alpha value is -3.26. The molecule has 2 aromatic carbocycles. The molecule has 0 aliphatic carbocycles. The summed E-state index contributed by atoms with van der Waals surface area (Å²) in [6.07, 6.45) is 4.10. The molecule has 0 radical (unpaired) electrons. The molecule has 0 bridgehead atoms. The van der Waals surface area contributed by atoms with Crippen molar-refractivity contribution >= 4 is 11.4 Å². The van der Waals surface area contributed by atoms with Gasteiger partial charge in [-0.2, -0.15) is 5.26 Å². The maximum absolute atomic E-state index is 15.2. The quantitative estimate of drug-likeness (QED) is 0.569. The largest absolute Gasteiger partial charge is 0.299 e. The van der Waals surface area contributed by atoms with Gasteiger partial charge in [0.05, 0.1) is 16.9 Å². The van der Waals surface area contributed by atoms with Crippen LogP contribution in [0.25, 0.3) is 17.1 Å². The molecule has 1 aliphatic rings. The van der Waals surface area contributed by atoms with E-state index in [-0.39, 0.29) is 0 Å². The molecule has 4 rings (SSSR count). The van der Waals surface area contributed by atoms with Gasteiger partial charge >= 0.3 is 0 Å². The first kappa shape index (κ1) is 19.1. The van der Waals surface area contributed by atoms with Crippen LogP contribution in [0.3, 0.4) is 0 Å². The van der Waals surface area contributed by atoms with E-state index in [4.69, 9.17) is 0 Å². The summed E-state index contributed by atoms with van der Waals surface area (Å²) in [7, 11) is 0. The third-order valence-electron chi connectivity index (χ3n) is 5.38. The van der Waals surface area contributed by atoms with Crippen LogP contribution in [-0.2, 0) is 12.1 Å². The fourth-order valence-electron chi connectivity index (χ4n) is 4.27. The van der Waals surface area contributed by atoms with E-state index in [0.717, 1.165) is 22.4 Å². The van der Waals surface area contributed by atoms with Crippen molar-refractivity contribution in [2.75, 3.05) is 0 Å². The van der Waals surface area contributed by atoms with Gasteiger partial charge in [0.2, 0.25) is 0 Å². The lowest BCUT2D eigenvalue weighted by Gasteiger charge is -2.22. The lowest BCUT2D eigenvalue weighted by Crippen LogP contribution is -2.13. The molecule has 1 aromatic heterocycles. The lowest BCUT2D eigenvalue weighted by molar-refractivity contribution is 0.222. The first-order valence-electron chi connectivity index (χ1n) is 9.65. The third-order valence-corrected chi connectivity index (χ3v) is 5.38. The minimum absolute atomic E-state index is 0.441. The van der Waals surface area contributed by atoms with Crippen LogP contribution in [0.4, 0.5) is 10.1 Å². The highest BCUT2D eigenvalue weighted by Crippen LogP contribution is 2.44. The van der Waals surface area contributed by atoms with Gasteiger partial charge in [0, 0.05) is 24.4 Å². The van der Waals surface area contributed by atoms with Crippen molar-refractivity contribution in [3.63, 3.8) is 0 Å². The molecule has 1 aliphatic heterocycles. The Bertz CT molecular complexity index is 1180. The zero-order valence-corrected chi connectivity index (χ0v) is 17.3. The molecule has 29 heavy (non-hydrogen) atoms. The summed E-state index contributed by atoms with van der Waals surface area (Å²) < 4.78 is 17.2. The minimum atomic E-state index is -1.58. The molecule has 4 nitrogen and oxygen atoms in total. The number of hydrogen-bond acceptors (Lipinski definition) is 3. The van der Waals surface area contributed by atoms with E-state index in [2.05, 4.69) is 48.9 Å². The Morgan fingerprint density at radius 1 is 1.14 bits per heavy atom. The third kappa shape index (κ3) is 3.15. The number of benzene rings is 2. The molecule has 0 unspecified atom stereocenters. The Morgan fingerprint density at radius 3 is 2.45 bits per heavy atom. The second kappa shape index (κ2) is 6.66. The molecule has 2 heterocycles. The van der Waals surface area contributed by atoms with Crippen LogP contribution in [0.15, 0.2) is 41.7 Å². The van der Waals surface area contributed by atoms with Crippen LogP contribution in [-0.4, -0.2) is 15.3 Å². The van der Waals surface area contributed by atoms with Gasteiger partial charge in [-0.1, -0.05) is 29.8 Å². The number of halogens is 1. The predicted molar refractivity (Wildman–Crippen MR) is 114 cm³/mol. The van der Waals surface area contributed by atoms with Crippen molar-refractivity contribution in [3.8, 4) is 23.1 Å². The first-order valence-corrected chi connectivity index (χ1v) is 9.65. The van der Waals surface area contributed by atoms with Crippen LogP contribution in [0, 0.1) is 32.1 Å². The highest BCUT2D eigenvalue weighted by Gasteiger charge is 2.31. The van der Waals surface area contributed by atoms with Crippen molar-refractivity contribution in [1.82, 2.24) is 9.55 Å². The van der Waals surface area contributed by atoms with Gasteiger partial charge in [0.25, 0.3) is 0 Å². The Labute approximate surface area is 170 Å². The molecule has 5 heteroatoms. The number of nitriles is 1. The molecule has 0 amide bonds. The van der Waals surface area contributed by atoms with Crippen molar-refractivity contribution in [3.05, 3.63) is 64.5 Å². The molecular weight excluding hydrogens is 363 g/mol. The monoisotopic (exact) mass is 386 g/mol. The van der Waals surface area contributed by atoms with Gasteiger partial charge in [0.15, 0.2) is 0 Å². The van der Waals surface area contributed by atoms with Crippen molar-refractivity contribution in [1.29, 1.82) is 5.26 Å². The molecule has 0 spiro atoms. The van der Waals surface area contributed by atoms with Gasteiger partial charge in [-0.05, 0) is 51.3 Å². The van der Waals surface area contributed by atoms with Gasteiger partial charge in [-0.3, -0.25) is 4.57 Å². The number of alkyl halides is 1. The van der Waals surface area contributed by atoms with Crippen molar-refractivity contribution in [2.45, 2.75) is 46.7 Å². The highest BCUT2D eigenvalue weighted by atomic mass is 19.1. The van der Waals surface area contributed by atoms with Gasteiger partial charge in [-0.15, -0.1) is 0 Å². The molecule has 146 valence electrons. The summed E-state index contributed by atoms with van der Waals surface area (Å²) in [4.78, 5) is 9.14. The van der Waals surface area contributed by atoms with Gasteiger partial charge < -0.3 is 0 Å². The standard InChI is InChI=1S/C24H23FN4/c1-14-10-15(2)22(16(3)11-14)29-9-8-27-23(29)20-19(24(4,5)25)7-6-17-12-18(13-26)28-21(17)20/h6-11H,12H2,1-5H3. The average Bonchev–Trinajstić information content (AvgIpc) is 3.25. The van der Waals surface area contributed by atoms with Crippen LogP contribution < -0.4 is 0 Å². The molecule has 0 saturated heterocycles. The van der Waals surface area contributed by atoms with E-state index in [1.807, 2.05) is 16.8 Å². The smallest absolute Gasteiger partial charge is 0.147 e. The van der Waals surface area contributed by atoms with Crippen molar-refractivity contribution < 1.29 is 4.39 Å². The van der Waals surface area contributed by atoms with E-state index < -0.39 is 5.67 Å². The second-order valence-corrected chi connectivity index (χ2v) is 8.18. The molecule has 0 fully saturated rings. The lowest BCUT2D eigenvalue weighted by atomic mass is 9.90. The summed E-state index contributed by atoms with van der Waals surface area (Å²) in [5, 5.41) is 9.34.